The Kier molecular flexibility index (Phi) is 5.68. The summed E-state index contributed by atoms with van der Waals surface area (Å²) in [5.74, 6) is -0.486. The number of aryl methyl sites for hydroxylation is 1. The number of halogens is 1. The van der Waals surface area contributed by atoms with Gasteiger partial charge in [-0.3, -0.25) is 10.1 Å². The van der Waals surface area contributed by atoms with Gasteiger partial charge in [-0.1, -0.05) is 12.1 Å². The van der Waals surface area contributed by atoms with Crippen LogP contribution in [0.5, 0.6) is 5.75 Å². The first-order chi connectivity index (χ1) is 13.5. The number of hydrogen-bond acceptors (Lipinski definition) is 7. The molecule has 2 atom stereocenters. The molecule has 0 spiro atoms. The van der Waals surface area contributed by atoms with E-state index in [-0.39, 0.29) is 11.6 Å². The van der Waals surface area contributed by atoms with Crippen molar-refractivity contribution in [2.75, 3.05) is 11.1 Å². The molecule has 0 aliphatic carbocycles. The van der Waals surface area contributed by atoms with E-state index in [1.54, 1.807) is 6.92 Å². The number of nitrogens with zero attached hydrogens (tertiary/aromatic N) is 1. The predicted octanol–water partition coefficient (Wildman–Crippen LogP) is 2.71. The number of rotatable bonds is 6. The third-order valence-corrected chi connectivity index (χ3v) is 6.53. The van der Waals surface area contributed by atoms with Crippen LogP contribution in [0.3, 0.4) is 0 Å². The molecule has 2 unspecified atom stereocenters. The topological polar surface area (TPSA) is 111 Å². The minimum absolute atomic E-state index is 0.115. The molecular formula is C19H24FN3O5S. The maximum atomic E-state index is 13.8. The second-order valence-corrected chi connectivity index (χ2v) is 9.99. The standard InChI is InChI=1S/C19H24FN3O5S/c1-5-29(25,26)18(17(24)22-16-8-11(2)28-23-16)21-14-10-19(3,4)27-15-7-6-12(20)9-13(14)15/h6-9,14,18,21H,5,10H2,1-4H3,(H,22,23,24). The highest BCUT2D eigenvalue weighted by Gasteiger charge is 2.39. The van der Waals surface area contributed by atoms with E-state index in [0.717, 1.165) is 0 Å². The van der Waals surface area contributed by atoms with Crippen LogP contribution in [-0.4, -0.2) is 36.2 Å². The first-order valence-corrected chi connectivity index (χ1v) is 10.9. The van der Waals surface area contributed by atoms with Crippen LogP contribution in [0.2, 0.25) is 0 Å². The lowest BCUT2D eigenvalue weighted by molar-refractivity contribution is -0.116. The molecule has 0 fully saturated rings. The Labute approximate surface area is 168 Å². The van der Waals surface area contributed by atoms with E-state index >= 15 is 0 Å². The van der Waals surface area contributed by atoms with Crippen molar-refractivity contribution in [3.8, 4) is 5.75 Å². The molecule has 1 aromatic heterocycles. The van der Waals surface area contributed by atoms with E-state index in [1.165, 1.54) is 31.2 Å². The third kappa shape index (κ3) is 4.76. The minimum atomic E-state index is -3.84. The molecular weight excluding hydrogens is 401 g/mol. The average molecular weight is 425 g/mol. The van der Waals surface area contributed by atoms with Crippen LogP contribution in [-0.2, 0) is 14.6 Å². The lowest BCUT2D eigenvalue weighted by Gasteiger charge is -2.39. The van der Waals surface area contributed by atoms with Crippen LogP contribution in [0.15, 0.2) is 28.8 Å². The smallest absolute Gasteiger partial charge is 0.258 e. The van der Waals surface area contributed by atoms with Crippen molar-refractivity contribution in [2.45, 2.75) is 51.1 Å². The number of hydrogen-bond donors (Lipinski definition) is 2. The Morgan fingerprint density at radius 1 is 1.38 bits per heavy atom. The van der Waals surface area contributed by atoms with Gasteiger partial charge in [0.1, 0.15) is 22.9 Å². The number of aromatic nitrogens is 1. The monoisotopic (exact) mass is 425 g/mol. The Morgan fingerprint density at radius 3 is 2.72 bits per heavy atom. The minimum Gasteiger partial charge on any atom is -0.487 e. The second-order valence-electron chi connectivity index (χ2n) is 7.61. The summed E-state index contributed by atoms with van der Waals surface area (Å²) in [6.07, 6.45) is 0.343. The van der Waals surface area contributed by atoms with Crippen molar-refractivity contribution in [1.29, 1.82) is 0 Å². The fourth-order valence-corrected chi connectivity index (χ4v) is 4.37. The number of nitrogens with one attached hydrogen (secondary N) is 2. The zero-order valence-electron chi connectivity index (χ0n) is 16.7. The molecule has 3 rings (SSSR count). The quantitative estimate of drug-likeness (QED) is 0.732. The normalized spacial score (nSPS) is 19.1. The fourth-order valence-electron chi connectivity index (χ4n) is 3.28. The van der Waals surface area contributed by atoms with Gasteiger partial charge >= 0.3 is 0 Å². The highest BCUT2D eigenvalue weighted by Crippen LogP contribution is 2.40. The zero-order valence-corrected chi connectivity index (χ0v) is 17.5. The van der Waals surface area contributed by atoms with Gasteiger partial charge in [-0.15, -0.1) is 0 Å². The van der Waals surface area contributed by atoms with Crippen LogP contribution in [0.4, 0.5) is 10.2 Å². The van der Waals surface area contributed by atoms with Gasteiger partial charge in [-0.05, 0) is 39.0 Å². The first-order valence-electron chi connectivity index (χ1n) is 9.21. The Bertz CT molecular complexity index is 1020. The SMILES string of the molecule is CCS(=O)(=O)C(NC1CC(C)(C)Oc2ccc(F)cc21)C(=O)Nc1cc(C)on1. The molecule has 0 radical (unpaired) electrons. The summed E-state index contributed by atoms with van der Waals surface area (Å²) >= 11 is 0. The van der Waals surface area contributed by atoms with Crippen molar-refractivity contribution in [2.24, 2.45) is 0 Å². The molecule has 2 N–H and O–H groups in total. The number of anilines is 1. The molecule has 0 saturated heterocycles. The van der Waals surface area contributed by atoms with Crippen molar-refractivity contribution in [3.63, 3.8) is 0 Å². The molecule has 0 bridgehead atoms. The highest BCUT2D eigenvalue weighted by atomic mass is 32.2. The van der Waals surface area contributed by atoms with E-state index in [2.05, 4.69) is 15.8 Å². The van der Waals surface area contributed by atoms with E-state index in [1.807, 2.05) is 13.8 Å². The summed E-state index contributed by atoms with van der Waals surface area (Å²) in [7, 11) is -3.84. The van der Waals surface area contributed by atoms with Gasteiger partial charge < -0.3 is 14.6 Å². The van der Waals surface area contributed by atoms with Crippen molar-refractivity contribution >= 4 is 21.6 Å². The molecule has 10 heteroatoms. The van der Waals surface area contributed by atoms with Crippen molar-refractivity contribution < 1.29 is 26.9 Å². The summed E-state index contributed by atoms with van der Waals surface area (Å²) in [6.45, 7) is 6.79. The summed E-state index contributed by atoms with van der Waals surface area (Å²) in [5.41, 5.74) is -0.173. The fraction of sp³-hybridized carbons (Fsp3) is 0.474. The number of sulfone groups is 1. The summed E-state index contributed by atoms with van der Waals surface area (Å²) in [4.78, 5) is 12.8. The van der Waals surface area contributed by atoms with E-state index in [9.17, 15) is 17.6 Å². The molecule has 1 aliphatic heterocycles. The van der Waals surface area contributed by atoms with Crippen LogP contribution >= 0.6 is 0 Å². The maximum absolute atomic E-state index is 13.8. The van der Waals surface area contributed by atoms with E-state index < -0.39 is 38.6 Å². The second kappa shape index (κ2) is 7.75. The van der Waals surface area contributed by atoms with Crippen molar-refractivity contribution in [3.05, 3.63) is 41.4 Å². The lowest BCUT2D eigenvalue weighted by Crippen LogP contribution is -2.51. The summed E-state index contributed by atoms with van der Waals surface area (Å²) in [5, 5.41) is 7.47. The highest BCUT2D eigenvalue weighted by molar-refractivity contribution is 7.92. The number of ether oxygens (including phenoxy) is 1. The molecule has 8 nitrogen and oxygen atoms in total. The molecule has 1 aromatic carbocycles. The van der Waals surface area contributed by atoms with Crippen LogP contribution in [0, 0.1) is 12.7 Å². The first kappa shape index (κ1) is 21.3. The van der Waals surface area contributed by atoms with Gasteiger partial charge in [0.25, 0.3) is 5.91 Å². The van der Waals surface area contributed by atoms with E-state index in [4.69, 9.17) is 9.26 Å². The molecule has 1 aliphatic rings. The molecule has 1 amide bonds. The molecule has 158 valence electrons. The largest absolute Gasteiger partial charge is 0.487 e. The average Bonchev–Trinajstić information content (AvgIpc) is 3.03. The van der Waals surface area contributed by atoms with Gasteiger partial charge in [-0.2, -0.15) is 0 Å². The maximum Gasteiger partial charge on any atom is 0.258 e. The van der Waals surface area contributed by atoms with Crippen LogP contribution < -0.4 is 15.4 Å². The van der Waals surface area contributed by atoms with Gasteiger partial charge in [0, 0.05) is 29.8 Å². The number of carbonyl (C=O) groups excluding carboxylic acids is 1. The molecule has 2 aromatic rings. The van der Waals surface area contributed by atoms with Gasteiger partial charge in [0.05, 0.1) is 0 Å². The lowest BCUT2D eigenvalue weighted by atomic mass is 9.89. The van der Waals surface area contributed by atoms with Crippen LogP contribution in [0.1, 0.15) is 44.6 Å². The van der Waals surface area contributed by atoms with Crippen LogP contribution in [0.25, 0.3) is 0 Å². The zero-order chi connectivity index (χ0) is 21.4. The predicted molar refractivity (Wildman–Crippen MR) is 105 cm³/mol. The van der Waals surface area contributed by atoms with Gasteiger partial charge in [-0.25, -0.2) is 12.8 Å². The van der Waals surface area contributed by atoms with Gasteiger partial charge in [0.2, 0.25) is 0 Å². The van der Waals surface area contributed by atoms with Gasteiger partial charge in [0.15, 0.2) is 21.0 Å². The Hall–Kier alpha value is -2.46. The molecule has 29 heavy (non-hydrogen) atoms. The van der Waals surface area contributed by atoms with Crippen molar-refractivity contribution in [1.82, 2.24) is 10.5 Å². The number of carbonyl (C=O) groups is 1. The number of fused-ring (bicyclic) bond motifs is 1. The summed E-state index contributed by atoms with van der Waals surface area (Å²) < 4.78 is 50.0. The third-order valence-electron chi connectivity index (χ3n) is 4.66. The summed E-state index contributed by atoms with van der Waals surface area (Å²) in [6, 6.07) is 4.94. The molecule has 0 saturated carbocycles. The number of amides is 1. The Balaban J connectivity index is 1.93. The Morgan fingerprint density at radius 2 is 2.10 bits per heavy atom. The van der Waals surface area contributed by atoms with E-state index in [0.29, 0.717) is 23.5 Å². The number of benzene rings is 1. The molecule has 2 heterocycles.